The quantitative estimate of drug-likeness (QED) is 0.287. The Balaban J connectivity index is 3.32. The number of carbonyl (C=O) groups excluding carboxylic acids is 3. The molecular weight excluding hydrogens is 344 g/mol. The zero-order valence-corrected chi connectivity index (χ0v) is 14.3. The molecule has 0 bridgehead atoms. The van der Waals surface area contributed by atoms with E-state index in [-0.39, 0.29) is 5.56 Å². The van der Waals surface area contributed by atoms with E-state index in [1.165, 1.54) is 19.1 Å². The molecule has 1 aromatic rings. The third kappa shape index (κ3) is 4.70. The first-order chi connectivity index (χ1) is 12.2. The molecule has 1 rings (SSSR count). The maximum atomic E-state index is 13.0. The lowest BCUT2D eigenvalue weighted by atomic mass is 9.82. The van der Waals surface area contributed by atoms with Gasteiger partial charge in [0.05, 0.1) is 12.6 Å². The standard InChI is InChI=1S/C16H22N4O6/c1-10(18)14(24)16(19,11-5-3-2-4-6-11)15(25)20(12(21)7-17)9-26-8-13(22)23/h2-6,10H,7-9,17-19H2,1H3,(H,22,23)/t10-,16?/m0/s1. The van der Waals surface area contributed by atoms with Crippen LogP contribution >= 0.6 is 0 Å². The van der Waals surface area contributed by atoms with Crippen molar-refractivity contribution in [3.8, 4) is 0 Å². The molecule has 0 aliphatic heterocycles. The van der Waals surface area contributed by atoms with Crippen LogP contribution in [0.2, 0.25) is 0 Å². The molecule has 1 unspecified atom stereocenters. The van der Waals surface area contributed by atoms with Gasteiger partial charge in [-0.1, -0.05) is 30.3 Å². The summed E-state index contributed by atoms with van der Waals surface area (Å²) in [6.07, 6.45) is 0. The number of nitrogens with zero attached hydrogens (tertiary/aromatic N) is 1. The lowest BCUT2D eigenvalue weighted by Gasteiger charge is -2.33. The number of carboxylic acid groups (broad SMARTS) is 1. The first-order valence-electron chi connectivity index (χ1n) is 7.64. The van der Waals surface area contributed by atoms with Crippen molar-refractivity contribution in [3.63, 3.8) is 0 Å². The van der Waals surface area contributed by atoms with E-state index in [9.17, 15) is 19.2 Å². The summed E-state index contributed by atoms with van der Waals surface area (Å²) in [7, 11) is 0. The van der Waals surface area contributed by atoms with E-state index in [1.54, 1.807) is 18.2 Å². The van der Waals surface area contributed by atoms with Crippen molar-refractivity contribution in [1.82, 2.24) is 4.90 Å². The minimum absolute atomic E-state index is 0.125. The summed E-state index contributed by atoms with van der Waals surface area (Å²) in [5.74, 6) is -4.11. The van der Waals surface area contributed by atoms with E-state index in [0.29, 0.717) is 4.90 Å². The monoisotopic (exact) mass is 366 g/mol. The molecular formula is C16H22N4O6. The molecule has 2 atom stereocenters. The fourth-order valence-electron chi connectivity index (χ4n) is 2.22. The zero-order valence-electron chi connectivity index (χ0n) is 14.3. The number of carboxylic acids is 1. The van der Waals surface area contributed by atoms with Gasteiger partial charge in [0.2, 0.25) is 5.91 Å². The Labute approximate surface area is 149 Å². The highest BCUT2D eigenvalue weighted by Gasteiger charge is 2.48. The van der Waals surface area contributed by atoms with E-state index in [2.05, 4.69) is 0 Å². The highest BCUT2D eigenvalue weighted by molar-refractivity contribution is 6.16. The van der Waals surface area contributed by atoms with Crippen LogP contribution in [0.5, 0.6) is 0 Å². The van der Waals surface area contributed by atoms with Gasteiger partial charge in [0.1, 0.15) is 13.3 Å². The van der Waals surface area contributed by atoms with Crippen LogP contribution in [0.15, 0.2) is 30.3 Å². The summed E-state index contributed by atoms with van der Waals surface area (Å²) < 4.78 is 4.80. The number of nitrogens with two attached hydrogens (primary N) is 3. The minimum atomic E-state index is -2.26. The van der Waals surface area contributed by atoms with Crippen LogP contribution in [-0.4, -0.2) is 59.5 Å². The number of rotatable bonds is 9. The number of aliphatic carboxylic acids is 1. The number of carbonyl (C=O) groups is 4. The predicted octanol–water partition coefficient (Wildman–Crippen LogP) is -1.87. The van der Waals surface area contributed by atoms with Gasteiger partial charge in [0.25, 0.3) is 5.91 Å². The number of imide groups is 1. The second kappa shape index (κ2) is 9.15. The molecule has 7 N–H and O–H groups in total. The van der Waals surface area contributed by atoms with E-state index in [1.807, 2.05) is 0 Å². The van der Waals surface area contributed by atoms with Crippen LogP contribution in [0.25, 0.3) is 0 Å². The van der Waals surface area contributed by atoms with Gasteiger partial charge >= 0.3 is 5.97 Å². The largest absolute Gasteiger partial charge is 0.480 e. The predicted molar refractivity (Wildman–Crippen MR) is 90.3 cm³/mol. The zero-order chi connectivity index (χ0) is 19.9. The number of hydrogen-bond donors (Lipinski definition) is 4. The van der Waals surface area contributed by atoms with Crippen molar-refractivity contribution >= 4 is 23.6 Å². The van der Waals surface area contributed by atoms with Gasteiger partial charge in [-0.05, 0) is 12.5 Å². The summed E-state index contributed by atoms with van der Waals surface area (Å²) in [4.78, 5) is 48.8. The third-order valence-electron chi connectivity index (χ3n) is 3.54. The average Bonchev–Trinajstić information content (AvgIpc) is 2.63. The molecule has 10 heteroatoms. The Morgan fingerprint density at radius 3 is 2.27 bits per heavy atom. The summed E-state index contributed by atoms with van der Waals surface area (Å²) in [6, 6.07) is 6.58. The van der Waals surface area contributed by atoms with Crippen molar-refractivity contribution in [1.29, 1.82) is 0 Å². The molecule has 0 saturated heterocycles. The lowest BCUT2D eigenvalue weighted by Crippen LogP contribution is -2.63. The Morgan fingerprint density at radius 2 is 1.81 bits per heavy atom. The van der Waals surface area contributed by atoms with Gasteiger partial charge < -0.3 is 27.0 Å². The topological polar surface area (TPSA) is 179 Å². The third-order valence-corrected chi connectivity index (χ3v) is 3.54. The second-order valence-corrected chi connectivity index (χ2v) is 5.53. The Bertz CT molecular complexity index is 679. The van der Waals surface area contributed by atoms with Gasteiger partial charge in [0, 0.05) is 0 Å². The van der Waals surface area contributed by atoms with E-state index in [0.717, 1.165) is 0 Å². The smallest absolute Gasteiger partial charge is 0.329 e. The van der Waals surface area contributed by atoms with Crippen LogP contribution < -0.4 is 17.2 Å². The maximum absolute atomic E-state index is 13.0. The molecule has 0 spiro atoms. The fraction of sp³-hybridized carbons (Fsp3) is 0.375. The summed E-state index contributed by atoms with van der Waals surface area (Å²) in [5.41, 5.74) is 14.9. The highest BCUT2D eigenvalue weighted by Crippen LogP contribution is 2.24. The summed E-state index contributed by atoms with van der Waals surface area (Å²) in [6.45, 7) is -0.694. The van der Waals surface area contributed by atoms with Gasteiger partial charge in [-0.15, -0.1) is 0 Å². The first-order valence-corrected chi connectivity index (χ1v) is 7.64. The number of hydrogen-bond acceptors (Lipinski definition) is 8. The van der Waals surface area contributed by atoms with Crippen molar-refractivity contribution < 1.29 is 29.0 Å². The summed E-state index contributed by atoms with van der Waals surface area (Å²) >= 11 is 0. The molecule has 0 saturated carbocycles. The normalized spacial score (nSPS) is 14.2. The second-order valence-electron chi connectivity index (χ2n) is 5.53. The van der Waals surface area contributed by atoms with Crippen molar-refractivity contribution in [2.45, 2.75) is 18.5 Å². The molecule has 0 aliphatic carbocycles. The van der Waals surface area contributed by atoms with Crippen LogP contribution in [0, 0.1) is 0 Å². The molecule has 0 heterocycles. The number of Topliss-reactive ketones (excluding diaryl/α,β-unsaturated/α-hetero) is 1. The molecule has 0 fully saturated rings. The van der Waals surface area contributed by atoms with Crippen LogP contribution in [0.1, 0.15) is 12.5 Å². The first kappa shape index (κ1) is 21.4. The van der Waals surface area contributed by atoms with Gasteiger partial charge in [-0.25, -0.2) is 4.79 Å². The van der Waals surface area contributed by atoms with E-state index in [4.69, 9.17) is 27.0 Å². The number of amides is 2. The summed E-state index contributed by atoms with van der Waals surface area (Å²) in [5, 5.41) is 8.63. The molecule has 0 radical (unpaired) electrons. The molecule has 0 aliphatic rings. The number of ketones is 1. The lowest BCUT2D eigenvalue weighted by molar-refractivity contribution is -0.160. The Hall–Kier alpha value is -2.66. The Kier molecular flexibility index (Phi) is 7.53. The van der Waals surface area contributed by atoms with Crippen LogP contribution in [-0.2, 0) is 29.5 Å². The van der Waals surface area contributed by atoms with E-state index >= 15 is 0 Å². The highest BCUT2D eigenvalue weighted by atomic mass is 16.5. The molecule has 10 nitrogen and oxygen atoms in total. The van der Waals surface area contributed by atoms with Crippen molar-refractivity contribution in [3.05, 3.63) is 35.9 Å². The van der Waals surface area contributed by atoms with Gasteiger partial charge in [-0.2, -0.15) is 0 Å². The molecule has 1 aromatic carbocycles. The van der Waals surface area contributed by atoms with Gasteiger partial charge in [0.15, 0.2) is 11.3 Å². The molecule has 142 valence electrons. The minimum Gasteiger partial charge on any atom is -0.480 e. The SMILES string of the molecule is C[C@H](N)C(=O)C(N)(C(=O)N(COCC(=O)O)C(=O)CN)c1ccccc1. The number of ether oxygens (including phenoxy) is 1. The molecule has 26 heavy (non-hydrogen) atoms. The average molecular weight is 366 g/mol. The Morgan fingerprint density at radius 1 is 1.23 bits per heavy atom. The molecule has 2 amide bonds. The maximum Gasteiger partial charge on any atom is 0.329 e. The van der Waals surface area contributed by atoms with Crippen LogP contribution in [0.3, 0.4) is 0 Å². The van der Waals surface area contributed by atoms with E-state index < -0.39 is 55.0 Å². The van der Waals surface area contributed by atoms with Gasteiger partial charge in [-0.3, -0.25) is 19.3 Å². The van der Waals surface area contributed by atoms with Crippen molar-refractivity contribution in [2.75, 3.05) is 19.9 Å². The van der Waals surface area contributed by atoms with Crippen LogP contribution in [0.4, 0.5) is 0 Å². The van der Waals surface area contributed by atoms with Crippen molar-refractivity contribution in [2.24, 2.45) is 17.2 Å². The fourth-order valence-corrected chi connectivity index (χ4v) is 2.22. The molecule has 0 aromatic heterocycles. The number of benzene rings is 1.